The molecule has 0 aliphatic rings. The van der Waals surface area contributed by atoms with Gasteiger partial charge in [0.25, 0.3) is 0 Å². The van der Waals surface area contributed by atoms with E-state index in [1.54, 1.807) is 0 Å². The first kappa shape index (κ1) is 20.0. The van der Waals surface area contributed by atoms with Gasteiger partial charge in [0, 0.05) is 0 Å². The molecule has 0 atom stereocenters. The summed E-state index contributed by atoms with van der Waals surface area (Å²) in [7, 11) is -1.74. The zero-order chi connectivity index (χ0) is 19.7. The van der Waals surface area contributed by atoms with Crippen LogP contribution in [-0.4, -0.2) is 57.8 Å². The van der Waals surface area contributed by atoms with E-state index in [9.17, 15) is 8.42 Å². The number of anilines is 1. The fourth-order valence-corrected chi connectivity index (χ4v) is 8.56. The maximum absolute atomic E-state index is 12.3. The maximum atomic E-state index is 12.3. The van der Waals surface area contributed by atoms with Crippen molar-refractivity contribution in [1.82, 2.24) is 14.4 Å². The summed E-state index contributed by atoms with van der Waals surface area (Å²) in [5.74, 6) is 0.500. The minimum atomic E-state index is -3.59. The first-order valence-corrected chi connectivity index (χ1v) is 14.2. The van der Waals surface area contributed by atoms with Crippen LogP contribution in [0.3, 0.4) is 0 Å². The number of rotatable bonds is 6. The molecule has 0 saturated heterocycles. The summed E-state index contributed by atoms with van der Waals surface area (Å²) >= 11 is 3.40. The van der Waals surface area contributed by atoms with Crippen LogP contribution in [0.5, 0.6) is 0 Å². The van der Waals surface area contributed by atoms with Crippen LogP contribution in [0.4, 0.5) is 5.82 Å². The van der Waals surface area contributed by atoms with E-state index in [0.29, 0.717) is 17.8 Å². The van der Waals surface area contributed by atoms with E-state index < -0.39 is 15.5 Å². The zero-order valence-corrected chi connectivity index (χ0v) is 18.8. The molecule has 142 valence electrons. The third kappa shape index (κ3) is 3.67. The van der Waals surface area contributed by atoms with Crippen LogP contribution < -0.4 is 20.9 Å². The zero-order valence-electron chi connectivity index (χ0n) is 15.3. The molecule has 2 aromatic carbocycles. The van der Waals surface area contributed by atoms with Crippen molar-refractivity contribution in [2.45, 2.75) is 6.92 Å². The van der Waals surface area contributed by atoms with Crippen LogP contribution >= 0.6 is 5.51 Å². The Balaban J connectivity index is 2.39. The van der Waals surface area contributed by atoms with Gasteiger partial charge in [0.15, 0.2) is 0 Å². The Hall–Kier alpha value is -1.72. The summed E-state index contributed by atoms with van der Waals surface area (Å²) in [5, 5.41) is 10.5. The van der Waals surface area contributed by atoms with E-state index in [1.807, 2.05) is 79.5 Å². The number of benzene rings is 2. The number of hydrogen-bond donors (Lipinski definition) is 0. The molecule has 0 aliphatic heterocycles. The van der Waals surface area contributed by atoms with Crippen molar-refractivity contribution in [3.63, 3.8) is 0 Å². The quantitative estimate of drug-likeness (QED) is 0.399. The Kier molecular flexibility index (Phi) is 5.73. The van der Waals surface area contributed by atoms with Crippen molar-refractivity contribution in [3.8, 4) is 0 Å². The van der Waals surface area contributed by atoms with Crippen LogP contribution in [0.2, 0.25) is 0 Å². The second-order valence-corrected chi connectivity index (χ2v) is 14.1. The molecule has 27 heavy (non-hydrogen) atoms. The Bertz CT molecular complexity index is 1040. The Morgan fingerprint density at radius 1 is 1.04 bits per heavy atom. The van der Waals surface area contributed by atoms with E-state index in [4.69, 9.17) is 0 Å². The summed E-state index contributed by atoms with van der Waals surface area (Å²) in [6, 6.07) is 20.0. The van der Waals surface area contributed by atoms with E-state index in [2.05, 4.69) is 25.4 Å². The molecule has 1 aromatic heterocycles. The third-order valence-electron chi connectivity index (χ3n) is 4.29. The van der Waals surface area contributed by atoms with Crippen LogP contribution in [0, 0.1) is 0 Å². The molecule has 0 radical (unpaired) electrons. The van der Waals surface area contributed by atoms with Crippen molar-refractivity contribution < 1.29 is 8.42 Å². The summed E-state index contributed by atoms with van der Waals surface area (Å²) in [6.45, 7) is 2.59. The molecule has 0 bridgehead atoms. The molecule has 0 spiro atoms. The van der Waals surface area contributed by atoms with Crippen molar-refractivity contribution in [2.24, 2.45) is 0 Å². The van der Waals surface area contributed by atoms with Crippen molar-refractivity contribution in [3.05, 3.63) is 60.7 Å². The monoisotopic (exact) mass is 468 g/mol. The van der Waals surface area contributed by atoms with Crippen molar-refractivity contribution in [1.29, 1.82) is 0 Å². The molecule has 0 fully saturated rings. The van der Waals surface area contributed by atoms with Gasteiger partial charge in [-0.3, -0.25) is 0 Å². The molecule has 9 heteroatoms. The van der Waals surface area contributed by atoms with Crippen molar-refractivity contribution in [2.75, 3.05) is 24.7 Å². The average Bonchev–Trinajstić information content (AvgIpc) is 3.14. The number of aromatic nitrogens is 3. The van der Waals surface area contributed by atoms with Gasteiger partial charge >= 0.3 is 168 Å². The normalized spacial score (nSPS) is 12.1. The molecular weight excluding hydrogens is 446 g/mol. The standard InChI is InChI=1S/C18H21N4O2PSSe/c1-4-21(2)18-17(19-20-22(18)26(3,23)24)25(27,15-11-7-5-8-12-15)16-13-9-6-10-14-16/h5-14H,4H2,1-3H3. The van der Waals surface area contributed by atoms with Gasteiger partial charge in [-0.05, 0) is 0 Å². The van der Waals surface area contributed by atoms with Crippen LogP contribution in [0.1, 0.15) is 6.92 Å². The van der Waals surface area contributed by atoms with Gasteiger partial charge in [0.2, 0.25) is 0 Å². The van der Waals surface area contributed by atoms with Crippen LogP contribution in [-0.2, 0) is 10.0 Å². The summed E-state index contributed by atoms with van der Waals surface area (Å²) in [4.78, 5) is 1.87. The SMILES string of the molecule is CCN(C)c1c(P(=[Se])(c2ccccc2)c2ccccc2)nnn1S(C)(=O)=O. The molecule has 3 aromatic rings. The van der Waals surface area contributed by atoms with E-state index in [1.165, 1.54) is 0 Å². The van der Waals surface area contributed by atoms with Crippen LogP contribution in [0.15, 0.2) is 60.7 Å². The topological polar surface area (TPSA) is 68.1 Å². The molecule has 3 rings (SSSR count). The molecule has 0 aliphatic carbocycles. The van der Waals surface area contributed by atoms with Gasteiger partial charge < -0.3 is 0 Å². The third-order valence-corrected chi connectivity index (χ3v) is 11.8. The second kappa shape index (κ2) is 7.72. The fourth-order valence-electron chi connectivity index (χ4n) is 2.82. The first-order chi connectivity index (χ1) is 12.8. The molecule has 1 heterocycles. The second-order valence-electron chi connectivity index (χ2n) is 6.14. The van der Waals surface area contributed by atoms with Gasteiger partial charge in [-0.2, -0.15) is 0 Å². The summed E-state index contributed by atoms with van der Waals surface area (Å²) in [6.07, 6.45) is 1.14. The van der Waals surface area contributed by atoms with Gasteiger partial charge in [0.1, 0.15) is 0 Å². The van der Waals surface area contributed by atoms with Gasteiger partial charge in [-0.15, -0.1) is 0 Å². The number of hydrogen-bond acceptors (Lipinski definition) is 5. The van der Waals surface area contributed by atoms with E-state index in [0.717, 1.165) is 21.0 Å². The van der Waals surface area contributed by atoms with Crippen LogP contribution in [0.25, 0.3) is 0 Å². The first-order valence-electron chi connectivity index (χ1n) is 8.39. The van der Waals surface area contributed by atoms with Gasteiger partial charge in [0.05, 0.1) is 0 Å². The molecule has 0 N–H and O–H groups in total. The van der Waals surface area contributed by atoms with Gasteiger partial charge in [-0.1, -0.05) is 0 Å². The predicted molar refractivity (Wildman–Crippen MR) is 114 cm³/mol. The molecule has 0 amide bonds. The summed E-state index contributed by atoms with van der Waals surface area (Å²) in [5.41, 5.74) is -1.64. The fraction of sp³-hybridized carbons (Fsp3) is 0.222. The Labute approximate surface area is 167 Å². The van der Waals surface area contributed by atoms with Gasteiger partial charge in [-0.25, -0.2) is 0 Å². The molecule has 6 nitrogen and oxygen atoms in total. The summed E-state index contributed by atoms with van der Waals surface area (Å²) < 4.78 is 25.7. The van der Waals surface area contributed by atoms with Crippen molar-refractivity contribution >= 4 is 52.5 Å². The van der Waals surface area contributed by atoms with E-state index in [-0.39, 0.29) is 0 Å². The molecular formula is C18H21N4O2PSSe. The van der Waals surface area contributed by atoms with E-state index >= 15 is 0 Å². The average molecular weight is 467 g/mol. The molecule has 0 saturated carbocycles. The Morgan fingerprint density at radius 3 is 1.93 bits per heavy atom. The number of nitrogens with zero attached hydrogens (tertiary/aromatic N) is 4. The Morgan fingerprint density at radius 2 is 1.52 bits per heavy atom. The minimum absolute atomic E-state index is 0.500. The molecule has 0 unspecified atom stereocenters. The predicted octanol–water partition coefficient (Wildman–Crippen LogP) is 0.919.